The molecule has 0 aliphatic heterocycles. The molecule has 7 heteroatoms. The molecule has 0 aromatic carbocycles. The molecule has 1 rings (SSSR count). The van der Waals surface area contributed by atoms with Gasteiger partial charge in [-0.3, -0.25) is 14.4 Å². The Morgan fingerprint density at radius 2 is 2.33 bits per heavy atom. The van der Waals surface area contributed by atoms with Crippen molar-refractivity contribution in [3.63, 3.8) is 0 Å². The van der Waals surface area contributed by atoms with E-state index in [1.165, 1.54) is 12.3 Å². The molecule has 0 atom stereocenters. The molecule has 0 aliphatic carbocycles. The molecular weight excluding hydrogens is 222 g/mol. The smallest absolute Gasteiger partial charge is 0.277 e. The van der Waals surface area contributed by atoms with E-state index in [1.54, 1.807) is 6.07 Å². The highest BCUT2D eigenvalue weighted by Crippen LogP contribution is 2.10. The number of nitrogens with zero attached hydrogens (tertiary/aromatic N) is 1. The minimum absolute atomic E-state index is 0.0534. The standard InChI is InChI=1S/C8H8ClN3O3/c9-7-5(2-1-3-11-7)8(14)12-15-4-6(10)13/h1-3H,4H2,(H2,10,13)(H,12,14). The highest BCUT2D eigenvalue weighted by molar-refractivity contribution is 6.32. The summed E-state index contributed by atoms with van der Waals surface area (Å²) in [6.07, 6.45) is 1.45. The molecule has 1 aromatic heterocycles. The molecule has 0 saturated carbocycles. The summed E-state index contributed by atoms with van der Waals surface area (Å²) in [5.74, 6) is -1.28. The van der Waals surface area contributed by atoms with Gasteiger partial charge in [-0.1, -0.05) is 11.6 Å². The number of hydroxylamine groups is 1. The van der Waals surface area contributed by atoms with E-state index in [-0.39, 0.29) is 10.7 Å². The van der Waals surface area contributed by atoms with Crippen molar-refractivity contribution >= 4 is 23.4 Å². The number of carbonyl (C=O) groups excluding carboxylic acids is 2. The summed E-state index contributed by atoms with van der Waals surface area (Å²) < 4.78 is 0. The summed E-state index contributed by atoms with van der Waals surface area (Å²) in [5.41, 5.74) is 6.96. The van der Waals surface area contributed by atoms with Gasteiger partial charge in [0.05, 0.1) is 5.56 Å². The molecule has 1 heterocycles. The second-order valence-electron chi connectivity index (χ2n) is 2.53. The Bertz CT molecular complexity index is 383. The maximum absolute atomic E-state index is 11.3. The van der Waals surface area contributed by atoms with E-state index in [9.17, 15) is 9.59 Å². The number of pyridine rings is 1. The predicted octanol–water partition coefficient (Wildman–Crippen LogP) is -0.118. The molecule has 0 radical (unpaired) electrons. The van der Waals surface area contributed by atoms with E-state index >= 15 is 0 Å². The average Bonchev–Trinajstić information content (AvgIpc) is 2.17. The highest BCUT2D eigenvalue weighted by Gasteiger charge is 2.10. The molecule has 15 heavy (non-hydrogen) atoms. The quantitative estimate of drug-likeness (QED) is 0.556. The lowest BCUT2D eigenvalue weighted by atomic mass is 10.3. The fraction of sp³-hybridized carbons (Fsp3) is 0.125. The van der Waals surface area contributed by atoms with Crippen LogP contribution in [0.2, 0.25) is 5.15 Å². The van der Waals surface area contributed by atoms with Crippen LogP contribution in [0.3, 0.4) is 0 Å². The first kappa shape index (κ1) is 11.4. The van der Waals surface area contributed by atoms with Crippen molar-refractivity contribution < 1.29 is 14.4 Å². The van der Waals surface area contributed by atoms with Gasteiger partial charge in [-0.05, 0) is 12.1 Å². The second-order valence-corrected chi connectivity index (χ2v) is 2.89. The average molecular weight is 230 g/mol. The molecule has 1 aromatic rings. The Labute approximate surface area is 90.3 Å². The van der Waals surface area contributed by atoms with Gasteiger partial charge in [0.1, 0.15) is 5.15 Å². The van der Waals surface area contributed by atoms with E-state index < -0.39 is 18.4 Å². The van der Waals surface area contributed by atoms with Crippen molar-refractivity contribution in [2.24, 2.45) is 5.73 Å². The number of carbonyl (C=O) groups is 2. The number of aromatic nitrogens is 1. The first-order valence-electron chi connectivity index (χ1n) is 3.92. The minimum Gasteiger partial charge on any atom is -0.368 e. The van der Waals surface area contributed by atoms with E-state index in [1.807, 2.05) is 5.48 Å². The molecule has 0 saturated heterocycles. The monoisotopic (exact) mass is 229 g/mol. The Morgan fingerprint density at radius 1 is 1.60 bits per heavy atom. The number of nitrogens with two attached hydrogens (primary N) is 1. The summed E-state index contributed by atoms with van der Waals surface area (Å²) in [5, 5.41) is 0.0534. The molecular formula is C8H8ClN3O3. The number of hydrogen-bond donors (Lipinski definition) is 2. The first-order chi connectivity index (χ1) is 7.11. The van der Waals surface area contributed by atoms with Crippen LogP contribution in [0.15, 0.2) is 18.3 Å². The van der Waals surface area contributed by atoms with Gasteiger partial charge in [0.2, 0.25) is 5.91 Å². The van der Waals surface area contributed by atoms with Crippen LogP contribution >= 0.6 is 11.6 Å². The highest BCUT2D eigenvalue weighted by atomic mass is 35.5. The summed E-state index contributed by atoms with van der Waals surface area (Å²) in [4.78, 5) is 29.8. The molecule has 80 valence electrons. The van der Waals surface area contributed by atoms with Crippen LogP contribution in [0, 0.1) is 0 Å². The molecule has 3 N–H and O–H groups in total. The normalized spacial score (nSPS) is 9.67. The number of halogens is 1. The second kappa shape index (κ2) is 5.28. The van der Waals surface area contributed by atoms with Gasteiger partial charge in [-0.15, -0.1) is 0 Å². The van der Waals surface area contributed by atoms with E-state index in [2.05, 4.69) is 9.82 Å². The maximum Gasteiger partial charge on any atom is 0.277 e. The van der Waals surface area contributed by atoms with Gasteiger partial charge in [-0.2, -0.15) is 0 Å². The van der Waals surface area contributed by atoms with Crippen LogP contribution in [0.25, 0.3) is 0 Å². The van der Waals surface area contributed by atoms with E-state index in [0.717, 1.165) is 0 Å². The fourth-order valence-corrected chi connectivity index (χ4v) is 0.988. The Hall–Kier alpha value is -1.66. The van der Waals surface area contributed by atoms with Crippen LogP contribution in [0.5, 0.6) is 0 Å². The summed E-state index contributed by atoms with van der Waals surface area (Å²) in [6, 6.07) is 3.02. The number of nitrogens with one attached hydrogen (secondary N) is 1. The van der Waals surface area contributed by atoms with E-state index in [0.29, 0.717) is 0 Å². The van der Waals surface area contributed by atoms with E-state index in [4.69, 9.17) is 17.3 Å². The van der Waals surface area contributed by atoms with Crippen molar-refractivity contribution in [3.05, 3.63) is 29.0 Å². The number of hydrogen-bond acceptors (Lipinski definition) is 4. The van der Waals surface area contributed by atoms with Gasteiger partial charge in [0.25, 0.3) is 5.91 Å². The fourth-order valence-electron chi connectivity index (χ4n) is 0.783. The van der Waals surface area contributed by atoms with Crippen molar-refractivity contribution in [1.82, 2.24) is 10.5 Å². The molecule has 0 unspecified atom stereocenters. The van der Waals surface area contributed by atoms with Gasteiger partial charge in [0, 0.05) is 6.20 Å². The summed E-state index contributed by atoms with van der Waals surface area (Å²) in [7, 11) is 0. The van der Waals surface area contributed by atoms with Crippen molar-refractivity contribution in [1.29, 1.82) is 0 Å². The summed E-state index contributed by atoms with van der Waals surface area (Å²) in [6.45, 7) is -0.399. The zero-order chi connectivity index (χ0) is 11.3. The van der Waals surface area contributed by atoms with Gasteiger partial charge in [-0.25, -0.2) is 10.5 Å². The largest absolute Gasteiger partial charge is 0.368 e. The first-order valence-corrected chi connectivity index (χ1v) is 4.30. The molecule has 0 fully saturated rings. The van der Waals surface area contributed by atoms with Crippen LogP contribution < -0.4 is 11.2 Å². The Kier molecular flexibility index (Phi) is 4.02. The topological polar surface area (TPSA) is 94.3 Å². The Balaban J connectivity index is 2.54. The lowest BCUT2D eigenvalue weighted by Gasteiger charge is -2.04. The van der Waals surface area contributed by atoms with Gasteiger partial charge >= 0.3 is 0 Å². The molecule has 2 amide bonds. The third kappa shape index (κ3) is 3.53. The zero-order valence-corrected chi connectivity index (χ0v) is 8.32. The third-order valence-corrected chi connectivity index (χ3v) is 1.68. The SMILES string of the molecule is NC(=O)CONC(=O)c1cccnc1Cl. The van der Waals surface area contributed by atoms with Crippen molar-refractivity contribution in [2.45, 2.75) is 0 Å². The van der Waals surface area contributed by atoms with Gasteiger partial charge in [0.15, 0.2) is 6.61 Å². The Morgan fingerprint density at radius 3 is 2.93 bits per heavy atom. The molecule has 6 nitrogen and oxygen atoms in total. The van der Waals surface area contributed by atoms with Gasteiger partial charge < -0.3 is 5.73 Å². The summed E-state index contributed by atoms with van der Waals surface area (Å²) >= 11 is 5.64. The molecule has 0 aliphatic rings. The number of primary amides is 1. The third-order valence-electron chi connectivity index (χ3n) is 1.38. The number of rotatable bonds is 4. The van der Waals surface area contributed by atoms with Crippen molar-refractivity contribution in [3.8, 4) is 0 Å². The predicted molar refractivity (Wildman–Crippen MR) is 51.9 cm³/mol. The maximum atomic E-state index is 11.3. The van der Waals surface area contributed by atoms with Crippen LogP contribution in [0.1, 0.15) is 10.4 Å². The van der Waals surface area contributed by atoms with Crippen LogP contribution in [-0.2, 0) is 9.63 Å². The lowest BCUT2D eigenvalue weighted by Crippen LogP contribution is -2.29. The lowest BCUT2D eigenvalue weighted by molar-refractivity contribution is -0.124. The molecule has 0 spiro atoms. The number of amides is 2. The molecule has 0 bridgehead atoms. The van der Waals surface area contributed by atoms with Crippen LogP contribution in [-0.4, -0.2) is 23.4 Å². The minimum atomic E-state index is -0.687. The zero-order valence-electron chi connectivity index (χ0n) is 7.57. The van der Waals surface area contributed by atoms with Crippen LogP contribution in [0.4, 0.5) is 0 Å². The van der Waals surface area contributed by atoms with Crippen molar-refractivity contribution in [2.75, 3.05) is 6.61 Å².